The summed E-state index contributed by atoms with van der Waals surface area (Å²) in [6, 6.07) is 6.47. The summed E-state index contributed by atoms with van der Waals surface area (Å²) in [7, 11) is 1.75. The molecule has 0 saturated heterocycles. The fourth-order valence-electron chi connectivity index (χ4n) is 2.98. The zero-order valence-corrected chi connectivity index (χ0v) is 20.0. The highest BCUT2D eigenvalue weighted by Gasteiger charge is 2.18. The normalized spacial score (nSPS) is 10.8. The van der Waals surface area contributed by atoms with Crippen molar-refractivity contribution in [2.45, 2.75) is 26.9 Å². The Kier molecular flexibility index (Phi) is 7.18. The van der Waals surface area contributed by atoms with Gasteiger partial charge in [-0.3, -0.25) is 9.48 Å². The molecule has 0 radical (unpaired) electrons. The number of ether oxygens (including phenoxy) is 3. The van der Waals surface area contributed by atoms with Gasteiger partial charge in [0.25, 0.3) is 17.6 Å². The van der Waals surface area contributed by atoms with Gasteiger partial charge in [-0.2, -0.15) is 10.1 Å². The molecule has 3 heterocycles. The molecule has 0 spiro atoms. The van der Waals surface area contributed by atoms with E-state index in [1.807, 2.05) is 13.8 Å². The topological polar surface area (TPSA) is 156 Å². The molecule has 0 aliphatic heterocycles. The third-order valence-electron chi connectivity index (χ3n) is 4.42. The highest BCUT2D eigenvalue weighted by atomic mass is 16.5. The summed E-state index contributed by atoms with van der Waals surface area (Å²) in [6.07, 6.45) is 4.28. The van der Waals surface area contributed by atoms with Crippen LogP contribution < -0.4 is 14.8 Å². The Morgan fingerprint density at radius 2 is 1.94 bits per heavy atom. The number of nitrogens with one attached hydrogen (secondary N) is 1. The summed E-state index contributed by atoms with van der Waals surface area (Å²) in [5, 5.41) is 10.5. The first-order valence-corrected chi connectivity index (χ1v) is 10.9. The van der Waals surface area contributed by atoms with Gasteiger partial charge in [-0.15, -0.1) is 0 Å². The Hall–Kier alpha value is -4.81. The molecule has 0 aliphatic rings. The average molecular weight is 493 g/mol. The molecule has 36 heavy (non-hydrogen) atoms. The molecule has 4 aromatic rings. The van der Waals surface area contributed by atoms with Crippen LogP contribution in [0.15, 0.2) is 47.4 Å². The first-order valence-electron chi connectivity index (χ1n) is 10.9. The maximum absolute atomic E-state index is 12.8. The number of amides is 1. The number of anilines is 1. The van der Waals surface area contributed by atoms with Crippen LogP contribution >= 0.6 is 0 Å². The molecule has 3 aromatic heterocycles. The van der Waals surface area contributed by atoms with E-state index in [-0.39, 0.29) is 41.9 Å². The zero-order chi connectivity index (χ0) is 25.7. The van der Waals surface area contributed by atoms with Crippen LogP contribution in [0.1, 0.15) is 41.7 Å². The minimum Gasteiger partial charge on any atom is -0.491 e. The lowest BCUT2D eigenvalue weighted by molar-refractivity contribution is 0.0508. The van der Waals surface area contributed by atoms with E-state index in [4.69, 9.17) is 18.7 Å². The molecule has 13 heteroatoms. The van der Waals surface area contributed by atoms with Crippen molar-refractivity contribution in [3.05, 3.63) is 54.2 Å². The fraction of sp³-hybridized carbons (Fsp3) is 0.261. The highest BCUT2D eigenvalue weighted by molar-refractivity contribution is 6.04. The third-order valence-corrected chi connectivity index (χ3v) is 4.42. The van der Waals surface area contributed by atoms with E-state index < -0.39 is 5.97 Å². The molecule has 4 rings (SSSR count). The number of aryl methyl sites for hydroxylation is 1. The van der Waals surface area contributed by atoms with Crippen molar-refractivity contribution in [3.8, 4) is 29.0 Å². The van der Waals surface area contributed by atoms with Gasteiger partial charge in [0, 0.05) is 30.9 Å². The molecule has 186 valence electrons. The van der Waals surface area contributed by atoms with Gasteiger partial charge >= 0.3 is 5.97 Å². The Morgan fingerprint density at radius 3 is 2.61 bits per heavy atom. The molecule has 1 amide bonds. The molecular formula is C23H23N7O6. The van der Waals surface area contributed by atoms with Gasteiger partial charge in [0.05, 0.1) is 25.1 Å². The van der Waals surface area contributed by atoms with Gasteiger partial charge < -0.3 is 24.1 Å². The van der Waals surface area contributed by atoms with E-state index in [9.17, 15) is 9.59 Å². The Balaban J connectivity index is 1.52. The molecule has 0 unspecified atom stereocenters. The summed E-state index contributed by atoms with van der Waals surface area (Å²) in [5.74, 6) is -0.00470. The molecule has 0 fully saturated rings. The standard InChI is InChI=1S/C23H23N7O6/c1-5-33-23(32)20-27-22(36-29-20)17-11-25-19(12-24-17)35-16-9-14(8-15(10-16)34-13(2)3)21(31)26-18-6-7-30(4)28-18/h6-13H,5H2,1-4H3,(H,26,28,31). The maximum Gasteiger partial charge on any atom is 0.379 e. The van der Waals surface area contributed by atoms with E-state index in [0.29, 0.717) is 22.9 Å². The first kappa shape index (κ1) is 24.3. The SMILES string of the molecule is CCOC(=O)c1noc(-c2cnc(Oc3cc(OC(C)C)cc(C(=O)Nc4ccn(C)n4)c3)cn2)n1. The first-order chi connectivity index (χ1) is 17.3. The van der Waals surface area contributed by atoms with Gasteiger partial charge in [-0.1, -0.05) is 0 Å². The maximum atomic E-state index is 12.8. The van der Waals surface area contributed by atoms with Crippen molar-refractivity contribution in [1.82, 2.24) is 29.9 Å². The van der Waals surface area contributed by atoms with Crippen molar-refractivity contribution >= 4 is 17.7 Å². The fourth-order valence-corrected chi connectivity index (χ4v) is 2.98. The van der Waals surface area contributed by atoms with E-state index in [0.717, 1.165) is 0 Å². The quantitative estimate of drug-likeness (QED) is 0.341. The van der Waals surface area contributed by atoms with Gasteiger partial charge in [-0.25, -0.2) is 14.8 Å². The van der Waals surface area contributed by atoms with Gasteiger partial charge in [0.2, 0.25) is 5.88 Å². The monoisotopic (exact) mass is 493 g/mol. The molecule has 1 N–H and O–H groups in total. The lowest BCUT2D eigenvalue weighted by Crippen LogP contribution is -2.13. The second-order valence-corrected chi connectivity index (χ2v) is 7.67. The van der Waals surface area contributed by atoms with E-state index in [1.54, 1.807) is 49.1 Å². The van der Waals surface area contributed by atoms with E-state index >= 15 is 0 Å². The Bertz CT molecular complexity index is 1360. The van der Waals surface area contributed by atoms with Crippen molar-refractivity contribution in [3.63, 3.8) is 0 Å². The van der Waals surface area contributed by atoms with Gasteiger partial charge in [-0.05, 0) is 38.1 Å². The number of aromatic nitrogens is 6. The largest absolute Gasteiger partial charge is 0.491 e. The molecular weight excluding hydrogens is 470 g/mol. The highest BCUT2D eigenvalue weighted by Crippen LogP contribution is 2.28. The number of benzene rings is 1. The number of carbonyl (C=O) groups excluding carboxylic acids is 2. The van der Waals surface area contributed by atoms with Crippen LogP contribution in [-0.2, 0) is 11.8 Å². The minimum atomic E-state index is -0.702. The summed E-state index contributed by atoms with van der Waals surface area (Å²) in [6.45, 7) is 5.60. The van der Waals surface area contributed by atoms with Gasteiger partial charge in [0.15, 0.2) is 5.82 Å². The van der Waals surface area contributed by atoms with Crippen LogP contribution in [-0.4, -0.2) is 54.5 Å². The molecule has 0 atom stereocenters. The summed E-state index contributed by atoms with van der Waals surface area (Å²) in [4.78, 5) is 36.9. The van der Waals surface area contributed by atoms with Gasteiger partial charge in [0.1, 0.15) is 17.2 Å². The number of esters is 1. The number of hydrogen-bond donors (Lipinski definition) is 1. The summed E-state index contributed by atoms with van der Waals surface area (Å²) >= 11 is 0. The van der Waals surface area contributed by atoms with Crippen molar-refractivity contribution in [1.29, 1.82) is 0 Å². The van der Waals surface area contributed by atoms with E-state index in [1.165, 1.54) is 12.4 Å². The predicted molar refractivity (Wildman–Crippen MR) is 125 cm³/mol. The Labute approximate surface area is 205 Å². The lowest BCUT2D eigenvalue weighted by atomic mass is 10.2. The third kappa shape index (κ3) is 6.00. The number of nitrogens with zero attached hydrogens (tertiary/aromatic N) is 6. The van der Waals surface area contributed by atoms with Crippen molar-refractivity contribution in [2.24, 2.45) is 7.05 Å². The summed E-state index contributed by atoms with van der Waals surface area (Å²) < 4.78 is 23.1. The van der Waals surface area contributed by atoms with Crippen LogP contribution in [0.3, 0.4) is 0 Å². The molecule has 0 saturated carbocycles. The molecule has 13 nitrogen and oxygen atoms in total. The lowest BCUT2D eigenvalue weighted by Gasteiger charge is -2.13. The number of rotatable bonds is 9. The van der Waals surface area contributed by atoms with Crippen LogP contribution in [0.4, 0.5) is 5.82 Å². The minimum absolute atomic E-state index is 0.00193. The second-order valence-electron chi connectivity index (χ2n) is 7.67. The second kappa shape index (κ2) is 10.6. The van der Waals surface area contributed by atoms with Crippen LogP contribution in [0.2, 0.25) is 0 Å². The summed E-state index contributed by atoms with van der Waals surface area (Å²) in [5.41, 5.74) is 0.536. The molecule has 0 aliphatic carbocycles. The Morgan fingerprint density at radius 1 is 1.14 bits per heavy atom. The van der Waals surface area contributed by atoms with Crippen LogP contribution in [0.25, 0.3) is 11.6 Å². The van der Waals surface area contributed by atoms with Crippen LogP contribution in [0.5, 0.6) is 17.4 Å². The van der Waals surface area contributed by atoms with Crippen molar-refractivity contribution < 1.29 is 28.3 Å². The smallest absolute Gasteiger partial charge is 0.379 e. The van der Waals surface area contributed by atoms with Crippen LogP contribution in [0, 0.1) is 0 Å². The van der Waals surface area contributed by atoms with Crippen molar-refractivity contribution in [2.75, 3.05) is 11.9 Å². The van der Waals surface area contributed by atoms with E-state index in [2.05, 4.69) is 30.5 Å². The average Bonchev–Trinajstić information content (AvgIpc) is 3.48. The molecule has 1 aromatic carbocycles. The zero-order valence-electron chi connectivity index (χ0n) is 20.0. The predicted octanol–water partition coefficient (Wildman–Crippen LogP) is 3.27. The number of carbonyl (C=O) groups is 2. The molecule has 0 bridgehead atoms. The number of hydrogen-bond acceptors (Lipinski definition) is 11.